The van der Waals surface area contributed by atoms with Gasteiger partial charge in [-0.1, -0.05) is 26.0 Å². The summed E-state index contributed by atoms with van der Waals surface area (Å²) < 4.78 is 5.32. The molecule has 1 fully saturated rings. The van der Waals surface area contributed by atoms with Gasteiger partial charge in [0.1, 0.15) is 0 Å². The van der Waals surface area contributed by atoms with Gasteiger partial charge in [0.15, 0.2) is 5.96 Å². The van der Waals surface area contributed by atoms with Crippen LogP contribution in [0.25, 0.3) is 0 Å². The third-order valence-corrected chi connectivity index (χ3v) is 3.63. The van der Waals surface area contributed by atoms with E-state index >= 15 is 0 Å². The molecule has 5 nitrogen and oxygen atoms in total. The fraction of sp³-hybridized carbons (Fsp3) is 0.562. The highest BCUT2D eigenvalue weighted by Crippen LogP contribution is 2.18. The number of nitrogens with two attached hydrogens (primary N) is 1. The van der Waals surface area contributed by atoms with Crippen LogP contribution in [-0.2, 0) is 4.74 Å². The summed E-state index contributed by atoms with van der Waals surface area (Å²) >= 11 is 0. The van der Waals surface area contributed by atoms with Gasteiger partial charge in [0, 0.05) is 25.3 Å². The van der Waals surface area contributed by atoms with E-state index in [1.54, 1.807) is 0 Å². The molecule has 116 valence electrons. The first kappa shape index (κ1) is 15.8. The lowest BCUT2D eigenvalue weighted by Crippen LogP contribution is -2.38. The molecule has 1 aliphatic heterocycles. The van der Waals surface area contributed by atoms with Gasteiger partial charge in [-0.3, -0.25) is 9.89 Å². The van der Waals surface area contributed by atoms with Crippen molar-refractivity contribution in [1.82, 2.24) is 4.90 Å². The van der Waals surface area contributed by atoms with Crippen LogP contribution in [0.2, 0.25) is 0 Å². The Kier molecular flexibility index (Phi) is 6.02. The molecule has 3 N–H and O–H groups in total. The zero-order valence-electron chi connectivity index (χ0n) is 13.0. The molecule has 0 amide bonds. The van der Waals surface area contributed by atoms with Gasteiger partial charge >= 0.3 is 0 Å². The van der Waals surface area contributed by atoms with Crippen molar-refractivity contribution in [2.45, 2.75) is 19.8 Å². The Labute approximate surface area is 127 Å². The first-order valence-corrected chi connectivity index (χ1v) is 7.62. The molecule has 0 atom stereocenters. The van der Waals surface area contributed by atoms with Crippen LogP contribution >= 0.6 is 0 Å². The number of ether oxygens (including phenoxy) is 1. The molecule has 0 radical (unpaired) electrons. The molecule has 1 aromatic rings. The van der Waals surface area contributed by atoms with E-state index in [2.05, 4.69) is 41.2 Å². The number of hydrogen-bond donors (Lipinski definition) is 2. The molecule has 0 spiro atoms. The second-order valence-corrected chi connectivity index (χ2v) is 5.63. The fourth-order valence-electron chi connectivity index (χ4n) is 2.30. The number of nitrogens with one attached hydrogen (secondary N) is 1. The number of benzene rings is 1. The van der Waals surface area contributed by atoms with Gasteiger partial charge in [0.05, 0.1) is 19.8 Å². The van der Waals surface area contributed by atoms with E-state index in [0.717, 1.165) is 38.5 Å². The van der Waals surface area contributed by atoms with Crippen molar-refractivity contribution in [2.24, 2.45) is 10.7 Å². The van der Waals surface area contributed by atoms with Crippen LogP contribution in [0.15, 0.2) is 29.3 Å². The summed E-state index contributed by atoms with van der Waals surface area (Å²) in [6.07, 6.45) is 0. The predicted molar refractivity (Wildman–Crippen MR) is 87.9 cm³/mol. The second-order valence-electron chi connectivity index (χ2n) is 5.63. The number of aliphatic imine (C=N–C) groups is 1. The van der Waals surface area contributed by atoms with E-state index in [9.17, 15) is 0 Å². The van der Waals surface area contributed by atoms with Crippen molar-refractivity contribution in [3.05, 3.63) is 29.8 Å². The van der Waals surface area contributed by atoms with Crippen LogP contribution in [0.5, 0.6) is 0 Å². The third-order valence-electron chi connectivity index (χ3n) is 3.63. The predicted octanol–water partition coefficient (Wildman–Crippen LogP) is 1.87. The van der Waals surface area contributed by atoms with Crippen LogP contribution in [0.3, 0.4) is 0 Å². The van der Waals surface area contributed by atoms with E-state index < -0.39 is 0 Å². The quantitative estimate of drug-likeness (QED) is 0.642. The molecular formula is C16H26N4O. The van der Waals surface area contributed by atoms with Crippen LogP contribution < -0.4 is 11.1 Å². The average Bonchev–Trinajstić information content (AvgIpc) is 2.48. The van der Waals surface area contributed by atoms with Crippen molar-refractivity contribution in [3.63, 3.8) is 0 Å². The smallest absolute Gasteiger partial charge is 0.193 e. The molecule has 21 heavy (non-hydrogen) atoms. The Hall–Kier alpha value is -1.59. The number of anilines is 1. The van der Waals surface area contributed by atoms with E-state index in [4.69, 9.17) is 10.5 Å². The van der Waals surface area contributed by atoms with Crippen molar-refractivity contribution < 1.29 is 4.74 Å². The van der Waals surface area contributed by atoms with Crippen LogP contribution in [-0.4, -0.2) is 50.3 Å². The summed E-state index contributed by atoms with van der Waals surface area (Å²) in [5.74, 6) is 0.982. The van der Waals surface area contributed by atoms with Crippen LogP contribution in [0, 0.1) is 0 Å². The Morgan fingerprint density at radius 2 is 2.14 bits per heavy atom. The Morgan fingerprint density at radius 3 is 2.86 bits per heavy atom. The highest BCUT2D eigenvalue weighted by atomic mass is 16.5. The molecule has 1 saturated heterocycles. The molecule has 1 aromatic carbocycles. The van der Waals surface area contributed by atoms with Gasteiger partial charge in [-0.15, -0.1) is 0 Å². The number of morpholine rings is 1. The molecule has 1 heterocycles. The Bertz CT molecular complexity index is 467. The van der Waals surface area contributed by atoms with Gasteiger partial charge in [0.25, 0.3) is 0 Å². The molecular weight excluding hydrogens is 264 g/mol. The number of hydrogen-bond acceptors (Lipinski definition) is 3. The minimum atomic E-state index is 0.476. The summed E-state index contributed by atoms with van der Waals surface area (Å²) in [5, 5.41) is 3.16. The largest absolute Gasteiger partial charge is 0.379 e. The first-order chi connectivity index (χ1) is 10.1. The Morgan fingerprint density at radius 1 is 1.38 bits per heavy atom. The maximum atomic E-state index is 5.94. The van der Waals surface area contributed by atoms with E-state index in [0.29, 0.717) is 18.4 Å². The average molecular weight is 290 g/mol. The molecule has 0 aliphatic carbocycles. The number of guanidine groups is 1. The summed E-state index contributed by atoms with van der Waals surface area (Å²) in [7, 11) is 0. The Balaban J connectivity index is 1.81. The van der Waals surface area contributed by atoms with Gasteiger partial charge in [-0.25, -0.2) is 0 Å². The summed E-state index contributed by atoms with van der Waals surface area (Å²) in [6, 6.07) is 8.30. The zero-order valence-corrected chi connectivity index (χ0v) is 13.0. The topological polar surface area (TPSA) is 62.9 Å². The van der Waals surface area contributed by atoms with Crippen molar-refractivity contribution in [2.75, 3.05) is 44.7 Å². The summed E-state index contributed by atoms with van der Waals surface area (Å²) in [5.41, 5.74) is 8.23. The maximum absolute atomic E-state index is 5.94. The summed E-state index contributed by atoms with van der Waals surface area (Å²) in [6.45, 7) is 9.61. The van der Waals surface area contributed by atoms with Crippen molar-refractivity contribution >= 4 is 11.6 Å². The van der Waals surface area contributed by atoms with Crippen LogP contribution in [0.1, 0.15) is 25.3 Å². The third kappa shape index (κ3) is 5.36. The van der Waals surface area contributed by atoms with Crippen molar-refractivity contribution in [3.8, 4) is 0 Å². The highest BCUT2D eigenvalue weighted by Gasteiger charge is 2.09. The van der Waals surface area contributed by atoms with E-state index in [1.807, 2.05) is 12.1 Å². The zero-order chi connectivity index (χ0) is 15.1. The summed E-state index contributed by atoms with van der Waals surface area (Å²) in [4.78, 5) is 6.74. The standard InChI is InChI=1S/C16H26N4O/c1-13(2)14-4-3-5-15(12-14)19-16(17)18-6-7-20-8-10-21-11-9-20/h3-5,12-13H,6-11H2,1-2H3,(H3,17,18,19). The molecule has 0 aromatic heterocycles. The number of nitrogens with zero attached hydrogens (tertiary/aromatic N) is 2. The van der Waals surface area contributed by atoms with Gasteiger partial charge in [0.2, 0.25) is 0 Å². The SMILES string of the molecule is CC(C)c1cccc(NC(N)=NCCN2CCOCC2)c1. The van der Waals surface area contributed by atoms with Gasteiger partial charge < -0.3 is 15.8 Å². The minimum absolute atomic E-state index is 0.476. The van der Waals surface area contributed by atoms with Gasteiger partial charge in [-0.2, -0.15) is 0 Å². The maximum Gasteiger partial charge on any atom is 0.193 e. The van der Waals surface area contributed by atoms with Crippen molar-refractivity contribution in [1.29, 1.82) is 0 Å². The fourth-order valence-corrected chi connectivity index (χ4v) is 2.30. The molecule has 2 rings (SSSR count). The normalized spacial score (nSPS) is 17.2. The second kappa shape index (κ2) is 8.00. The van der Waals surface area contributed by atoms with E-state index in [1.165, 1.54) is 5.56 Å². The number of rotatable bonds is 5. The minimum Gasteiger partial charge on any atom is -0.379 e. The lowest BCUT2D eigenvalue weighted by atomic mass is 10.0. The van der Waals surface area contributed by atoms with Gasteiger partial charge in [-0.05, 0) is 23.6 Å². The molecule has 5 heteroatoms. The highest BCUT2D eigenvalue weighted by molar-refractivity contribution is 5.92. The lowest BCUT2D eigenvalue weighted by molar-refractivity contribution is 0.0394. The molecule has 0 unspecified atom stereocenters. The lowest BCUT2D eigenvalue weighted by Gasteiger charge is -2.25. The van der Waals surface area contributed by atoms with Crippen LogP contribution in [0.4, 0.5) is 5.69 Å². The first-order valence-electron chi connectivity index (χ1n) is 7.62. The molecule has 0 bridgehead atoms. The monoisotopic (exact) mass is 290 g/mol. The van der Waals surface area contributed by atoms with E-state index in [-0.39, 0.29) is 0 Å². The molecule has 0 saturated carbocycles. The molecule has 1 aliphatic rings.